The number of aliphatic hydroxyl groups excluding tert-OH is 1. The van der Waals surface area contributed by atoms with Gasteiger partial charge in [-0.1, -0.05) is 170 Å². The summed E-state index contributed by atoms with van der Waals surface area (Å²) in [6.07, 6.45) is 44.1. The lowest BCUT2D eigenvalue weighted by Gasteiger charge is -2.24. The van der Waals surface area contributed by atoms with E-state index in [-0.39, 0.29) is 26.1 Å². The molecule has 0 aromatic carbocycles. The van der Waals surface area contributed by atoms with E-state index in [0.29, 0.717) is 30.3 Å². The topological polar surface area (TPSA) is 129 Å². The number of carbonyl (C=O) groups is 2. The second kappa shape index (κ2) is 38.6. The van der Waals surface area contributed by atoms with Crippen LogP contribution in [0.15, 0.2) is 72.9 Å². The van der Waals surface area contributed by atoms with Gasteiger partial charge in [0.15, 0.2) is 6.10 Å². The van der Waals surface area contributed by atoms with Gasteiger partial charge in [0.25, 0.3) is 0 Å². The molecule has 0 radical (unpaired) electrons. The number of hydrogen-bond acceptors (Lipinski definition) is 8. The molecule has 0 spiro atoms. The molecule has 0 aromatic rings. The molecule has 11 heteroatoms. The maximum Gasteiger partial charge on any atom is 0.472 e. The lowest BCUT2D eigenvalue weighted by molar-refractivity contribution is -0.870. The van der Waals surface area contributed by atoms with Crippen LogP contribution < -0.4 is 0 Å². The number of likely N-dealkylation sites (N-methyl/N-ethyl adjacent to an activating group) is 1. The number of nitrogens with zero attached hydrogens (tertiary/aromatic N) is 1. The summed E-state index contributed by atoms with van der Waals surface area (Å²) in [7, 11) is 1.36. The van der Waals surface area contributed by atoms with Gasteiger partial charge in [-0.3, -0.25) is 18.6 Å². The Bertz CT molecular complexity index is 1230. The van der Waals surface area contributed by atoms with Gasteiger partial charge in [-0.05, 0) is 44.9 Å². The van der Waals surface area contributed by atoms with Gasteiger partial charge in [0.1, 0.15) is 19.8 Å². The summed E-state index contributed by atoms with van der Waals surface area (Å²) in [5.74, 6) is -0.983. The van der Waals surface area contributed by atoms with Gasteiger partial charge in [0.2, 0.25) is 0 Å². The third-order valence-corrected chi connectivity index (χ3v) is 10.1. The smallest absolute Gasteiger partial charge is 0.462 e. The molecule has 0 aromatic heterocycles. The van der Waals surface area contributed by atoms with Gasteiger partial charge in [-0.2, -0.15) is 0 Å². The molecule has 0 rings (SSSR count). The first-order valence-electron chi connectivity index (χ1n) is 22.3. The van der Waals surface area contributed by atoms with Crippen LogP contribution in [0, 0.1) is 0 Å². The molecule has 0 saturated heterocycles. The molecule has 2 unspecified atom stereocenters. The number of rotatable bonds is 39. The highest BCUT2D eigenvalue weighted by Crippen LogP contribution is 2.43. The van der Waals surface area contributed by atoms with Crippen molar-refractivity contribution in [3.8, 4) is 0 Å². The molecule has 2 N–H and O–H groups in total. The van der Waals surface area contributed by atoms with Gasteiger partial charge in [-0.25, -0.2) is 4.57 Å². The van der Waals surface area contributed by atoms with Crippen LogP contribution in [-0.2, 0) is 32.7 Å². The molecular weight excluding hydrogens is 753 g/mol. The number of carbonyl (C=O) groups excluding carboxylic acids is 2. The molecule has 0 aliphatic heterocycles. The minimum absolute atomic E-state index is 0.00281. The molecule has 0 heterocycles. The van der Waals surface area contributed by atoms with E-state index in [1.54, 1.807) is 18.2 Å². The Morgan fingerprint density at radius 2 is 1.19 bits per heavy atom. The summed E-state index contributed by atoms with van der Waals surface area (Å²) in [4.78, 5) is 35.4. The summed E-state index contributed by atoms with van der Waals surface area (Å²) < 4.78 is 34.1. The fourth-order valence-electron chi connectivity index (χ4n) is 5.59. The largest absolute Gasteiger partial charge is 0.472 e. The van der Waals surface area contributed by atoms with Crippen molar-refractivity contribution >= 4 is 19.8 Å². The Kier molecular flexibility index (Phi) is 36.9. The van der Waals surface area contributed by atoms with Crippen molar-refractivity contribution < 1.29 is 47.2 Å². The van der Waals surface area contributed by atoms with E-state index in [2.05, 4.69) is 50.3 Å². The molecule has 0 aliphatic carbocycles. The van der Waals surface area contributed by atoms with Gasteiger partial charge >= 0.3 is 19.8 Å². The number of aliphatic hydroxyl groups is 1. The molecular formula is C47H83NO9P+. The first kappa shape index (κ1) is 55.4. The van der Waals surface area contributed by atoms with Crippen molar-refractivity contribution in [2.24, 2.45) is 0 Å². The summed E-state index contributed by atoms with van der Waals surface area (Å²) >= 11 is 0. The van der Waals surface area contributed by atoms with Gasteiger partial charge in [-0.15, -0.1) is 0 Å². The van der Waals surface area contributed by atoms with Crippen molar-refractivity contribution in [2.75, 3.05) is 47.5 Å². The number of unbranched alkanes of at least 4 members (excludes halogenated alkanes) is 13. The monoisotopic (exact) mass is 837 g/mol. The SMILES string of the molecule is CC/C=C\C/C=C\C/C=C\C/C=C\C=C/C(O)C/C=C\CCC(=O)O[C@H](COC(=O)CCCCCCCCCCCCCCCC)COP(=O)(O)OCC[N+](C)(C)C. The van der Waals surface area contributed by atoms with E-state index in [4.69, 9.17) is 18.5 Å². The van der Waals surface area contributed by atoms with Crippen LogP contribution in [0.4, 0.5) is 0 Å². The summed E-state index contributed by atoms with van der Waals surface area (Å²) in [5, 5.41) is 10.2. The average molecular weight is 837 g/mol. The first-order chi connectivity index (χ1) is 27.9. The molecule has 0 bridgehead atoms. The van der Waals surface area contributed by atoms with E-state index in [1.165, 1.54) is 70.6 Å². The molecule has 0 aliphatic rings. The summed E-state index contributed by atoms with van der Waals surface area (Å²) in [5.41, 5.74) is 0. The zero-order valence-electron chi connectivity index (χ0n) is 37.1. The van der Waals surface area contributed by atoms with E-state index in [9.17, 15) is 24.2 Å². The third kappa shape index (κ3) is 41.6. The predicted octanol–water partition coefficient (Wildman–Crippen LogP) is 11.6. The normalized spacial score (nSPS) is 14.8. The van der Waals surface area contributed by atoms with E-state index in [0.717, 1.165) is 38.5 Å². The minimum atomic E-state index is -4.43. The van der Waals surface area contributed by atoms with Crippen molar-refractivity contribution in [3.63, 3.8) is 0 Å². The lowest BCUT2D eigenvalue weighted by atomic mass is 10.0. The molecule has 0 saturated carbocycles. The van der Waals surface area contributed by atoms with Crippen LogP contribution in [-0.4, -0.2) is 86.1 Å². The lowest BCUT2D eigenvalue weighted by Crippen LogP contribution is -2.37. The summed E-state index contributed by atoms with van der Waals surface area (Å²) in [6.45, 7) is 4.09. The molecule has 0 fully saturated rings. The number of phosphoric acid groups is 1. The molecule has 0 amide bonds. The maximum absolute atomic E-state index is 12.7. The Morgan fingerprint density at radius 1 is 0.638 bits per heavy atom. The van der Waals surface area contributed by atoms with Crippen LogP contribution in [0.25, 0.3) is 0 Å². The Labute approximate surface area is 353 Å². The number of esters is 2. The zero-order chi connectivity index (χ0) is 43.0. The molecule has 10 nitrogen and oxygen atoms in total. The van der Waals surface area contributed by atoms with Crippen LogP contribution in [0.2, 0.25) is 0 Å². The Balaban J connectivity index is 4.59. The molecule has 58 heavy (non-hydrogen) atoms. The highest BCUT2D eigenvalue weighted by Gasteiger charge is 2.27. The fourth-order valence-corrected chi connectivity index (χ4v) is 6.34. The number of hydrogen-bond donors (Lipinski definition) is 2. The second-order valence-corrected chi connectivity index (χ2v) is 17.4. The van der Waals surface area contributed by atoms with Crippen LogP contribution in [0.5, 0.6) is 0 Å². The second-order valence-electron chi connectivity index (χ2n) is 15.9. The molecule has 334 valence electrons. The standard InChI is InChI=1S/C47H82NO9P/c1-6-8-10-12-14-16-18-20-22-24-26-28-30-34-38-46(50)54-42-45(43-56-58(52,53)55-41-40-48(3,4)5)57-47(51)39-35-31-33-37-44(49)36-32-29-27-25-23-21-19-17-15-13-11-9-7-2/h9,11,15,17,21,23,27,29,31-33,36,44-45,49H,6-8,10,12-14,16,18-20,22,24-26,28,30,34-35,37-43H2,1-5H3/p+1/b11-9-,17-15-,23-21-,29-27-,33-31-,36-32-/t44?,45-/m1/s1. The highest BCUT2D eigenvalue weighted by molar-refractivity contribution is 7.47. The number of ether oxygens (including phenoxy) is 2. The third-order valence-electron chi connectivity index (χ3n) is 9.09. The first-order valence-corrected chi connectivity index (χ1v) is 23.8. The van der Waals surface area contributed by atoms with Crippen LogP contribution >= 0.6 is 7.82 Å². The van der Waals surface area contributed by atoms with Crippen molar-refractivity contribution in [1.29, 1.82) is 0 Å². The molecule has 3 atom stereocenters. The van der Waals surface area contributed by atoms with E-state index in [1.807, 2.05) is 39.4 Å². The predicted molar refractivity (Wildman–Crippen MR) is 239 cm³/mol. The van der Waals surface area contributed by atoms with Crippen molar-refractivity contribution in [2.45, 2.75) is 167 Å². The zero-order valence-corrected chi connectivity index (χ0v) is 38.0. The highest BCUT2D eigenvalue weighted by atomic mass is 31.2. The van der Waals surface area contributed by atoms with Crippen LogP contribution in [0.3, 0.4) is 0 Å². The van der Waals surface area contributed by atoms with Gasteiger partial charge in [0.05, 0.1) is 33.9 Å². The number of phosphoric ester groups is 1. The van der Waals surface area contributed by atoms with Gasteiger partial charge in [0, 0.05) is 12.8 Å². The van der Waals surface area contributed by atoms with E-state index < -0.39 is 38.6 Å². The quantitative estimate of drug-likeness (QED) is 0.0155. The number of allylic oxidation sites excluding steroid dienone is 10. The van der Waals surface area contributed by atoms with Crippen molar-refractivity contribution in [1.82, 2.24) is 0 Å². The Hall–Kier alpha value is -2.59. The van der Waals surface area contributed by atoms with Crippen molar-refractivity contribution in [3.05, 3.63) is 72.9 Å². The van der Waals surface area contributed by atoms with Crippen LogP contribution in [0.1, 0.15) is 155 Å². The maximum atomic E-state index is 12.7. The summed E-state index contributed by atoms with van der Waals surface area (Å²) in [6, 6.07) is 0. The fraction of sp³-hybridized carbons (Fsp3) is 0.702. The number of quaternary nitrogens is 1. The average Bonchev–Trinajstić information content (AvgIpc) is 3.17. The minimum Gasteiger partial charge on any atom is -0.462 e. The van der Waals surface area contributed by atoms with E-state index >= 15 is 0 Å². The Morgan fingerprint density at radius 3 is 1.76 bits per heavy atom. The van der Waals surface area contributed by atoms with Gasteiger partial charge < -0.3 is 24.0 Å².